The molecule has 1 amide bonds. The summed E-state index contributed by atoms with van der Waals surface area (Å²) in [6, 6.07) is 8.27. The molecule has 10 heteroatoms. The van der Waals surface area contributed by atoms with Crippen molar-refractivity contribution < 1.29 is 13.6 Å². The molecule has 4 rings (SSSR count). The minimum absolute atomic E-state index is 0.0981. The van der Waals surface area contributed by atoms with Crippen molar-refractivity contribution in [3.63, 3.8) is 0 Å². The molecule has 3 heterocycles. The van der Waals surface area contributed by atoms with Crippen LogP contribution in [0.4, 0.5) is 10.3 Å². The fourth-order valence-electron chi connectivity index (χ4n) is 3.93. The topological polar surface area (TPSA) is 67.4 Å². The van der Waals surface area contributed by atoms with Crippen LogP contribution in [-0.4, -0.2) is 51.5 Å². The number of rotatable bonds is 8. The van der Waals surface area contributed by atoms with E-state index < -0.39 is 5.82 Å². The summed E-state index contributed by atoms with van der Waals surface area (Å²) in [5, 5.41) is 9.78. The van der Waals surface area contributed by atoms with Crippen LogP contribution in [0, 0.1) is 11.7 Å². The van der Waals surface area contributed by atoms with E-state index in [2.05, 4.69) is 22.0 Å². The average Bonchev–Trinajstić information content (AvgIpc) is 3.45. The predicted molar refractivity (Wildman–Crippen MR) is 127 cm³/mol. The number of piperidine rings is 1. The highest BCUT2D eigenvalue weighted by atomic mass is 35.5. The monoisotopic (exact) mass is 491 g/mol. The Hall–Kier alpha value is -2.52. The molecule has 1 atom stereocenters. The van der Waals surface area contributed by atoms with Gasteiger partial charge in [0.2, 0.25) is 11.9 Å². The van der Waals surface area contributed by atoms with E-state index in [0.29, 0.717) is 28.2 Å². The minimum atomic E-state index is -0.423. The Kier molecular flexibility index (Phi) is 7.60. The van der Waals surface area contributed by atoms with E-state index in [1.54, 1.807) is 25.4 Å². The van der Waals surface area contributed by atoms with Crippen molar-refractivity contribution in [2.45, 2.75) is 38.0 Å². The zero-order valence-electron chi connectivity index (χ0n) is 18.7. The van der Waals surface area contributed by atoms with E-state index in [4.69, 9.17) is 16.0 Å². The number of hydrogen-bond donors (Lipinski definition) is 0. The van der Waals surface area contributed by atoms with Crippen molar-refractivity contribution in [1.29, 1.82) is 0 Å². The van der Waals surface area contributed by atoms with Gasteiger partial charge < -0.3 is 14.2 Å². The Morgan fingerprint density at radius 2 is 2.18 bits per heavy atom. The average molecular weight is 492 g/mol. The SMILES string of the molecule is CC1CCCN(c2nnc(SCC(=O)N(C)Cc3c(F)cccc3Cl)n2Cc2ccco2)C1. The summed E-state index contributed by atoms with van der Waals surface area (Å²) in [7, 11) is 1.64. The molecule has 3 aromatic rings. The maximum absolute atomic E-state index is 14.1. The minimum Gasteiger partial charge on any atom is -0.467 e. The summed E-state index contributed by atoms with van der Waals surface area (Å²) in [5.74, 6) is 1.74. The van der Waals surface area contributed by atoms with Gasteiger partial charge in [-0.15, -0.1) is 10.2 Å². The normalized spacial score (nSPS) is 16.2. The molecule has 0 spiro atoms. The highest BCUT2D eigenvalue weighted by Gasteiger charge is 2.24. The quantitative estimate of drug-likeness (QED) is 0.425. The summed E-state index contributed by atoms with van der Waals surface area (Å²) in [6.45, 7) is 4.67. The number of anilines is 1. The first kappa shape index (κ1) is 23.6. The van der Waals surface area contributed by atoms with Gasteiger partial charge in [0.05, 0.1) is 18.6 Å². The molecular weight excluding hydrogens is 465 g/mol. The van der Waals surface area contributed by atoms with Crippen molar-refractivity contribution in [2.24, 2.45) is 5.92 Å². The smallest absolute Gasteiger partial charge is 0.233 e. The molecule has 1 fully saturated rings. The van der Waals surface area contributed by atoms with E-state index in [0.717, 1.165) is 31.2 Å². The Balaban J connectivity index is 1.47. The molecule has 1 aliphatic heterocycles. The van der Waals surface area contributed by atoms with E-state index >= 15 is 0 Å². The number of aromatic nitrogens is 3. The lowest BCUT2D eigenvalue weighted by molar-refractivity contribution is -0.127. The van der Waals surface area contributed by atoms with Crippen molar-refractivity contribution in [2.75, 3.05) is 30.8 Å². The van der Waals surface area contributed by atoms with Crippen molar-refractivity contribution in [1.82, 2.24) is 19.7 Å². The van der Waals surface area contributed by atoms with E-state index in [9.17, 15) is 9.18 Å². The number of carbonyl (C=O) groups excluding carboxylic acids is 1. The van der Waals surface area contributed by atoms with Crippen LogP contribution in [-0.2, 0) is 17.9 Å². The van der Waals surface area contributed by atoms with Crippen molar-refractivity contribution >= 4 is 35.2 Å². The summed E-state index contributed by atoms with van der Waals surface area (Å²) in [4.78, 5) is 16.5. The third-order valence-corrected chi connectivity index (χ3v) is 7.04. The van der Waals surface area contributed by atoms with Gasteiger partial charge in [0, 0.05) is 37.3 Å². The van der Waals surface area contributed by atoms with Crippen LogP contribution in [0.15, 0.2) is 46.2 Å². The number of carbonyl (C=O) groups is 1. The Labute approximate surface area is 201 Å². The van der Waals surface area contributed by atoms with Gasteiger partial charge in [-0.2, -0.15) is 0 Å². The number of benzene rings is 1. The maximum Gasteiger partial charge on any atom is 0.233 e. The second-order valence-corrected chi connectivity index (χ2v) is 9.73. The van der Waals surface area contributed by atoms with Crippen LogP contribution in [0.5, 0.6) is 0 Å². The van der Waals surface area contributed by atoms with Gasteiger partial charge in [0.1, 0.15) is 11.6 Å². The Morgan fingerprint density at radius 1 is 1.33 bits per heavy atom. The van der Waals surface area contributed by atoms with Crippen molar-refractivity contribution in [3.8, 4) is 0 Å². The van der Waals surface area contributed by atoms with Gasteiger partial charge in [0.25, 0.3) is 0 Å². The van der Waals surface area contributed by atoms with Gasteiger partial charge in [-0.3, -0.25) is 9.36 Å². The molecular formula is C23H27ClFN5O2S. The van der Waals surface area contributed by atoms with Crippen LogP contribution in [0.1, 0.15) is 31.1 Å². The Bertz CT molecular complexity index is 1070. The lowest BCUT2D eigenvalue weighted by Gasteiger charge is -2.31. The van der Waals surface area contributed by atoms with Crippen molar-refractivity contribution in [3.05, 3.63) is 58.8 Å². The number of furan rings is 1. The standard InChI is InChI=1S/C23H27ClFN5O2S/c1-16-6-4-10-29(12-16)22-26-27-23(30(22)13-17-7-5-11-32-17)33-15-21(31)28(2)14-18-19(24)8-3-9-20(18)25/h3,5,7-9,11,16H,4,6,10,12-15H2,1-2H3. The lowest BCUT2D eigenvalue weighted by atomic mass is 10.0. The Morgan fingerprint density at radius 3 is 2.91 bits per heavy atom. The number of nitrogens with zero attached hydrogens (tertiary/aromatic N) is 5. The third-order valence-electron chi connectivity index (χ3n) is 5.74. The zero-order valence-corrected chi connectivity index (χ0v) is 20.3. The van der Waals surface area contributed by atoms with Gasteiger partial charge >= 0.3 is 0 Å². The molecule has 1 saturated heterocycles. The largest absolute Gasteiger partial charge is 0.467 e. The molecule has 1 aromatic carbocycles. The molecule has 7 nitrogen and oxygen atoms in total. The number of hydrogen-bond acceptors (Lipinski definition) is 6. The second kappa shape index (κ2) is 10.6. The van der Waals surface area contributed by atoms with Crippen LogP contribution in [0.25, 0.3) is 0 Å². The van der Waals surface area contributed by atoms with Gasteiger partial charge in [0.15, 0.2) is 5.16 Å². The maximum atomic E-state index is 14.1. The van der Waals surface area contributed by atoms with E-state index in [1.807, 2.05) is 16.7 Å². The molecule has 33 heavy (non-hydrogen) atoms. The van der Waals surface area contributed by atoms with Gasteiger partial charge in [-0.05, 0) is 43.0 Å². The first-order valence-electron chi connectivity index (χ1n) is 10.9. The summed E-state index contributed by atoms with van der Waals surface area (Å²) in [6.07, 6.45) is 3.96. The van der Waals surface area contributed by atoms with Crippen LogP contribution >= 0.6 is 23.4 Å². The number of halogens is 2. The molecule has 0 aliphatic carbocycles. The van der Waals surface area contributed by atoms with Crippen LogP contribution in [0.3, 0.4) is 0 Å². The number of amides is 1. The van der Waals surface area contributed by atoms with Gasteiger partial charge in [-0.1, -0.05) is 36.4 Å². The summed E-state index contributed by atoms with van der Waals surface area (Å²) >= 11 is 7.42. The fraction of sp³-hybridized carbons (Fsp3) is 0.435. The molecule has 2 aromatic heterocycles. The lowest BCUT2D eigenvalue weighted by Crippen LogP contribution is -2.36. The molecule has 176 valence electrons. The highest BCUT2D eigenvalue weighted by molar-refractivity contribution is 7.99. The van der Waals surface area contributed by atoms with Crippen LogP contribution in [0.2, 0.25) is 5.02 Å². The second-order valence-electron chi connectivity index (χ2n) is 8.38. The molecule has 1 aliphatic rings. The fourth-order valence-corrected chi connectivity index (χ4v) is 5.03. The molecule has 0 N–H and O–H groups in total. The van der Waals surface area contributed by atoms with E-state index in [-0.39, 0.29) is 18.2 Å². The molecule has 1 unspecified atom stereocenters. The zero-order chi connectivity index (χ0) is 23.4. The molecule has 0 radical (unpaired) electrons. The summed E-state index contributed by atoms with van der Waals surface area (Å²) < 4.78 is 21.7. The first-order chi connectivity index (χ1) is 15.9. The van der Waals surface area contributed by atoms with Gasteiger partial charge in [-0.25, -0.2) is 4.39 Å². The van der Waals surface area contributed by atoms with E-state index in [1.165, 1.54) is 29.1 Å². The highest BCUT2D eigenvalue weighted by Crippen LogP contribution is 2.28. The summed E-state index contributed by atoms with van der Waals surface area (Å²) in [5.41, 5.74) is 0.308. The molecule has 0 bridgehead atoms. The first-order valence-corrected chi connectivity index (χ1v) is 12.3. The number of thioether (sulfide) groups is 1. The molecule has 0 saturated carbocycles. The predicted octanol–water partition coefficient (Wildman–Crippen LogP) is 4.70. The van der Waals surface area contributed by atoms with Crippen LogP contribution < -0.4 is 4.90 Å². The third kappa shape index (κ3) is 5.70.